The number of halogens is 4. The lowest BCUT2D eigenvalue weighted by Crippen LogP contribution is -2.13. The van der Waals surface area contributed by atoms with Crippen molar-refractivity contribution in [3.8, 4) is 0 Å². The second kappa shape index (κ2) is 6.99. The number of carboxylic acid groups (broad SMARTS) is 1. The van der Waals surface area contributed by atoms with Crippen LogP contribution in [0.4, 0.5) is 13.2 Å². The molecule has 140 valence electrons. The number of rotatable bonds is 5. The van der Waals surface area contributed by atoms with Crippen LogP contribution in [-0.4, -0.2) is 31.6 Å². The summed E-state index contributed by atoms with van der Waals surface area (Å²) in [6.45, 7) is -0.339. The molecule has 0 aliphatic carbocycles. The number of hydrogen-bond acceptors (Lipinski definition) is 4. The molecule has 0 radical (unpaired) electrons. The third kappa shape index (κ3) is 4.25. The number of Topliss-reactive ketones (excluding diaryl/α,β-unsaturated/α-hetero) is 1. The molecule has 0 unspecified atom stereocenters. The lowest BCUT2D eigenvalue weighted by Gasteiger charge is -2.08. The van der Waals surface area contributed by atoms with Crippen LogP contribution < -0.4 is 0 Å². The molecule has 0 amide bonds. The molecule has 0 spiro atoms. The molecule has 6 nitrogen and oxygen atoms in total. The van der Waals surface area contributed by atoms with E-state index >= 15 is 0 Å². The Labute approximate surface area is 155 Å². The number of hydrogen-bond donors (Lipinski definition) is 1. The normalized spacial score (nSPS) is 11.7. The number of ketones is 1. The molecule has 0 saturated heterocycles. The number of nitrogens with zero attached hydrogens (tertiary/aromatic N) is 3. The predicted molar refractivity (Wildman–Crippen MR) is 89.7 cm³/mol. The van der Waals surface area contributed by atoms with Crippen molar-refractivity contribution in [3.05, 3.63) is 58.5 Å². The van der Waals surface area contributed by atoms with Crippen molar-refractivity contribution in [2.24, 2.45) is 0 Å². The van der Waals surface area contributed by atoms with Crippen molar-refractivity contribution in [2.75, 3.05) is 0 Å². The molecule has 1 N–H and O–H groups in total. The lowest BCUT2D eigenvalue weighted by molar-refractivity contribution is -0.141. The molecule has 1 aromatic carbocycles. The van der Waals surface area contributed by atoms with Gasteiger partial charge in [0.1, 0.15) is 17.9 Å². The first-order valence-corrected chi connectivity index (χ1v) is 7.96. The predicted octanol–water partition coefficient (Wildman–Crippen LogP) is 3.61. The van der Waals surface area contributed by atoms with Crippen LogP contribution in [0.3, 0.4) is 0 Å². The maximum atomic E-state index is 12.7. The molecule has 27 heavy (non-hydrogen) atoms. The van der Waals surface area contributed by atoms with Crippen LogP contribution in [0.2, 0.25) is 5.02 Å². The van der Waals surface area contributed by atoms with Crippen molar-refractivity contribution in [3.63, 3.8) is 0 Å². The number of aliphatic carboxylic acids is 1. The van der Waals surface area contributed by atoms with Gasteiger partial charge in [0.05, 0.1) is 5.52 Å². The quantitative estimate of drug-likeness (QED) is 0.665. The van der Waals surface area contributed by atoms with E-state index in [4.69, 9.17) is 16.7 Å². The molecule has 2 heterocycles. The average Bonchev–Trinajstić information content (AvgIpc) is 2.94. The van der Waals surface area contributed by atoms with E-state index in [0.717, 1.165) is 12.1 Å². The SMILES string of the molecule is O=C(O)Cn1cc2cc(CC(=O)c3cccc(C(F)(F)F)n3)c(Cl)cc2n1. The molecule has 0 aliphatic heterocycles. The van der Waals surface area contributed by atoms with Crippen molar-refractivity contribution in [1.82, 2.24) is 14.8 Å². The minimum atomic E-state index is -4.65. The van der Waals surface area contributed by atoms with Crippen molar-refractivity contribution >= 4 is 34.3 Å². The summed E-state index contributed by atoms with van der Waals surface area (Å²) >= 11 is 6.14. The topological polar surface area (TPSA) is 85.1 Å². The second-order valence-corrected chi connectivity index (χ2v) is 6.14. The van der Waals surface area contributed by atoms with Crippen LogP contribution in [-0.2, 0) is 23.9 Å². The highest BCUT2D eigenvalue weighted by Gasteiger charge is 2.32. The van der Waals surface area contributed by atoms with Gasteiger partial charge in [-0.05, 0) is 29.8 Å². The van der Waals surface area contributed by atoms with Gasteiger partial charge in [-0.25, -0.2) is 4.98 Å². The van der Waals surface area contributed by atoms with Crippen LogP contribution in [0.1, 0.15) is 21.7 Å². The van der Waals surface area contributed by atoms with E-state index in [0.29, 0.717) is 16.5 Å². The summed E-state index contributed by atoms with van der Waals surface area (Å²) in [5, 5.41) is 13.6. The van der Waals surface area contributed by atoms with E-state index in [-0.39, 0.29) is 23.7 Å². The van der Waals surface area contributed by atoms with E-state index in [1.807, 2.05) is 0 Å². The number of alkyl halides is 3. The van der Waals surface area contributed by atoms with Crippen LogP contribution >= 0.6 is 11.6 Å². The lowest BCUT2D eigenvalue weighted by atomic mass is 10.0. The molecule has 0 bridgehead atoms. The molecule has 0 aliphatic rings. The van der Waals surface area contributed by atoms with Gasteiger partial charge in [0.2, 0.25) is 0 Å². The van der Waals surface area contributed by atoms with Crippen LogP contribution in [0.25, 0.3) is 10.9 Å². The molecular weight excluding hydrogens is 387 g/mol. The monoisotopic (exact) mass is 397 g/mol. The van der Waals surface area contributed by atoms with Gasteiger partial charge >= 0.3 is 12.1 Å². The number of fused-ring (bicyclic) bond motifs is 1. The average molecular weight is 398 g/mol. The summed E-state index contributed by atoms with van der Waals surface area (Å²) in [5.74, 6) is -1.69. The molecule has 0 saturated carbocycles. The van der Waals surface area contributed by atoms with Gasteiger partial charge in [-0.1, -0.05) is 17.7 Å². The van der Waals surface area contributed by atoms with Crippen LogP contribution in [0, 0.1) is 0 Å². The van der Waals surface area contributed by atoms with Gasteiger partial charge in [0.15, 0.2) is 5.78 Å². The fraction of sp³-hybridized carbons (Fsp3) is 0.176. The summed E-state index contributed by atoms with van der Waals surface area (Å²) in [6.07, 6.45) is -3.42. The van der Waals surface area contributed by atoms with Crippen LogP contribution in [0.15, 0.2) is 36.5 Å². The van der Waals surface area contributed by atoms with Gasteiger partial charge in [0, 0.05) is 23.0 Å². The highest BCUT2D eigenvalue weighted by molar-refractivity contribution is 6.32. The van der Waals surface area contributed by atoms with Gasteiger partial charge in [-0.15, -0.1) is 0 Å². The molecule has 3 rings (SSSR count). The number of carbonyl (C=O) groups excluding carboxylic acids is 1. The van der Waals surface area contributed by atoms with Crippen molar-refractivity contribution in [1.29, 1.82) is 0 Å². The Morgan fingerprint density at radius 1 is 1.22 bits per heavy atom. The van der Waals surface area contributed by atoms with Crippen LogP contribution in [0.5, 0.6) is 0 Å². The number of carboxylic acids is 1. The Bertz CT molecular complexity index is 1050. The van der Waals surface area contributed by atoms with Crippen molar-refractivity contribution in [2.45, 2.75) is 19.1 Å². The summed E-state index contributed by atoms with van der Waals surface area (Å²) in [4.78, 5) is 26.5. The minimum absolute atomic E-state index is 0.198. The standard InChI is InChI=1S/C17H11ClF3N3O3/c18-11-6-13-10(7-24(23-13)8-16(26)27)4-9(11)5-14(25)12-2-1-3-15(22-12)17(19,20)21/h1-4,6-7H,5,8H2,(H,26,27). The Hall–Kier alpha value is -2.94. The van der Waals surface area contributed by atoms with Gasteiger partial charge < -0.3 is 5.11 Å². The zero-order valence-electron chi connectivity index (χ0n) is 13.5. The Morgan fingerprint density at radius 3 is 2.63 bits per heavy atom. The first kappa shape index (κ1) is 18.8. The molecular formula is C17H11ClF3N3O3. The van der Waals surface area contributed by atoms with Gasteiger partial charge in [-0.2, -0.15) is 18.3 Å². The van der Waals surface area contributed by atoms with E-state index in [1.54, 1.807) is 6.07 Å². The van der Waals surface area contributed by atoms with Gasteiger partial charge in [0.25, 0.3) is 0 Å². The summed E-state index contributed by atoms with van der Waals surface area (Å²) < 4.78 is 39.4. The number of carbonyl (C=O) groups is 2. The maximum absolute atomic E-state index is 12.7. The van der Waals surface area contributed by atoms with Gasteiger partial charge in [-0.3, -0.25) is 14.3 Å². The van der Waals surface area contributed by atoms with E-state index in [1.165, 1.54) is 23.0 Å². The van der Waals surface area contributed by atoms with E-state index < -0.39 is 23.6 Å². The zero-order chi connectivity index (χ0) is 19.8. The first-order valence-electron chi connectivity index (χ1n) is 7.58. The molecule has 0 atom stereocenters. The Balaban J connectivity index is 1.88. The molecule has 3 aromatic rings. The largest absolute Gasteiger partial charge is 0.480 e. The van der Waals surface area contributed by atoms with Crippen molar-refractivity contribution < 1.29 is 27.9 Å². The third-order valence-electron chi connectivity index (χ3n) is 3.69. The minimum Gasteiger partial charge on any atom is -0.480 e. The highest BCUT2D eigenvalue weighted by atomic mass is 35.5. The number of pyridine rings is 1. The highest BCUT2D eigenvalue weighted by Crippen LogP contribution is 2.28. The molecule has 10 heteroatoms. The Kier molecular flexibility index (Phi) is 4.88. The maximum Gasteiger partial charge on any atom is 0.433 e. The van der Waals surface area contributed by atoms with E-state index in [2.05, 4.69) is 10.1 Å². The third-order valence-corrected chi connectivity index (χ3v) is 4.05. The first-order chi connectivity index (χ1) is 12.6. The summed E-state index contributed by atoms with van der Waals surface area (Å²) in [7, 11) is 0. The Morgan fingerprint density at radius 2 is 1.96 bits per heavy atom. The fourth-order valence-corrected chi connectivity index (χ4v) is 2.74. The van der Waals surface area contributed by atoms with E-state index in [9.17, 15) is 22.8 Å². The molecule has 0 fully saturated rings. The summed E-state index contributed by atoms with van der Waals surface area (Å²) in [5.41, 5.74) is -0.648. The molecule has 2 aromatic heterocycles. The zero-order valence-corrected chi connectivity index (χ0v) is 14.3. The fourth-order valence-electron chi connectivity index (χ4n) is 2.51. The second-order valence-electron chi connectivity index (χ2n) is 5.73. The number of benzene rings is 1. The summed E-state index contributed by atoms with van der Waals surface area (Å²) in [6, 6.07) is 6.12. The number of aromatic nitrogens is 3. The smallest absolute Gasteiger partial charge is 0.433 e.